The van der Waals surface area contributed by atoms with Gasteiger partial charge in [-0.1, -0.05) is 13.8 Å². The molecular formula is C7H18N2O3S. The van der Waals surface area contributed by atoms with Crippen LogP contribution in [0.4, 0.5) is 0 Å². The van der Waals surface area contributed by atoms with E-state index in [2.05, 4.69) is 4.72 Å². The van der Waals surface area contributed by atoms with E-state index in [1.807, 2.05) is 13.8 Å². The molecule has 0 aromatic carbocycles. The van der Waals surface area contributed by atoms with Crippen LogP contribution in [-0.4, -0.2) is 25.7 Å². The van der Waals surface area contributed by atoms with Gasteiger partial charge in [0.25, 0.3) is 10.2 Å². The molecule has 0 aromatic rings. The fourth-order valence-corrected chi connectivity index (χ4v) is 1.72. The normalized spacial score (nSPS) is 17.4. The first kappa shape index (κ1) is 12.8. The van der Waals surface area contributed by atoms with Crippen molar-refractivity contribution in [3.8, 4) is 0 Å². The summed E-state index contributed by atoms with van der Waals surface area (Å²) < 4.78 is 23.1. The summed E-state index contributed by atoms with van der Waals surface area (Å²) >= 11 is 0. The molecule has 0 aliphatic heterocycles. The van der Waals surface area contributed by atoms with Crippen molar-refractivity contribution in [1.82, 2.24) is 4.72 Å². The highest BCUT2D eigenvalue weighted by atomic mass is 32.2. The summed E-state index contributed by atoms with van der Waals surface area (Å²) in [5.74, 6) is 0.303. The van der Waals surface area contributed by atoms with E-state index in [-0.39, 0.29) is 6.54 Å². The topological polar surface area (TPSA) is 92.4 Å². The summed E-state index contributed by atoms with van der Waals surface area (Å²) in [6.07, 6.45) is 0.523. The SMILES string of the molecule is CC(C)CC(C)(O)CNS(N)(=O)=O. The molecule has 13 heavy (non-hydrogen) atoms. The average molecular weight is 210 g/mol. The minimum absolute atomic E-state index is 0.0516. The quantitative estimate of drug-likeness (QED) is 0.575. The molecule has 80 valence electrons. The molecule has 0 rings (SSSR count). The molecule has 1 unspecified atom stereocenters. The van der Waals surface area contributed by atoms with Crippen molar-refractivity contribution >= 4 is 10.2 Å². The molecule has 0 fully saturated rings. The van der Waals surface area contributed by atoms with Crippen LogP contribution in [0.3, 0.4) is 0 Å². The van der Waals surface area contributed by atoms with Crippen molar-refractivity contribution in [2.75, 3.05) is 6.54 Å². The first-order chi connectivity index (χ1) is 5.62. The zero-order valence-corrected chi connectivity index (χ0v) is 9.06. The summed E-state index contributed by atoms with van der Waals surface area (Å²) in [6, 6.07) is 0. The Hall–Kier alpha value is -0.170. The van der Waals surface area contributed by atoms with E-state index in [9.17, 15) is 13.5 Å². The molecule has 1 atom stereocenters. The summed E-state index contributed by atoms with van der Waals surface area (Å²) in [6.45, 7) is 5.42. The molecule has 0 amide bonds. The molecule has 0 aromatic heterocycles. The van der Waals surface area contributed by atoms with Crippen LogP contribution in [-0.2, 0) is 10.2 Å². The van der Waals surface area contributed by atoms with Gasteiger partial charge in [-0.25, -0.2) is 5.14 Å². The van der Waals surface area contributed by atoms with E-state index in [0.717, 1.165) is 0 Å². The van der Waals surface area contributed by atoms with Crippen LogP contribution in [0.25, 0.3) is 0 Å². The Morgan fingerprint density at radius 1 is 1.54 bits per heavy atom. The van der Waals surface area contributed by atoms with Crippen LogP contribution in [0.1, 0.15) is 27.2 Å². The van der Waals surface area contributed by atoms with Gasteiger partial charge < -0.3 is 5.11 Å². The van der Waals surface area contributed by atoms with Crippen LogP contribution >= 0.6 is 0 Å². The first-order valence-corrected chi connectivity index (χ1v) is 5.67. The van der Waals surface area contributed by atoms with Crippen LogP contribution in [0.15, 0.2) is 0 Å². The molecular weight excluding hydrogens is 192 g/mol. The third kappa shape index (κ3) is 8.17. The van der Waals surface area contributed by atoms with Gasteiger partial charge in [-0.3, -0.25) is 0 Å². The minimum atomic E-state index is -3.70. The lowest BCUT2D eigenvalue weighted by Gasteiger charge is -2.24. The lowest BCUT2D eigenvalue weighted by molar-refractivity contribution is 0.0436. The third-order valence-electron chi connectivity index (χ3n) is 1.50. The smallest absolute Gasteiger partial charge is 0.274 e. The Morgan fingerprint density at radius 3 is 2.31 bits per heavy atom. The molecule has 0 aliphatic carbocycles. The van der Waals surface area contributed by atoms with Crippen molar-refractivity contribution in [3.05, 3.63) is 0 Å². The molecule has 6 heteroatoms. The van der Waals surface area contributed by atoms with Crippen LogP contribution in [0.2, 0.25) is 0 Å². The second kappa shape index (κ2) is 4.36. The van der Waals surface area contributed by atoms with Gasteiger partial charge in [-0.2, -0.15) is 13.1 Å². The fraction of sp³-hybridized carbons (Fsp3) is 1.00. The van der Waals surface area contributed by atoms with E-state index < -0.39 is 15.8 Å². The molecule has 0 spiro atoms. The lowest BCUT2D eigenvalue weighted by atomic mass is 9.95. The number of aliphatic hydroxyl groups is 1. The highest BCUT2D eigenvalue weighted by molar-refractivity contribution is 7.87. The number of nitrogens with one attached hydrogen (secondary N) is 1. The van der Waals surface area contributed by atoms with E-state index in [0.29, 0.717) is 12.3 Å². The fourth-order valence-electron chi connectivity index (χ4n) is 1.21. The number of rotatable bonds is 5. The number of hydrogen-bond donors (Lipinski definition) is 3. The summed E-state index contributed by atoms with van der Waals surface area (Å²) in [7, 11) is -3.70. The predicted molar refractivity (Wildman–Crippen MR) is 51.2 cm³/mol. The molecule has 0 saturated heterocycles. The van der Waals surface area contributed by atoms with Crippen LogP contribution in [0, 0.1) is 5.92 Å². The largest absolute Gasteiger partial charge is 0.389 e. The highest BCUT2D eigenvalue weighted by Crippen LogP contribution is 2.14. The predicted octanol–water partition coefficient (Wildman–Crippen LogP) is -0.423. The van der Waals surface area contributed by atoms with Crippen molar-refractivity contribution in [1.29, 1.82) is 0 Å². The van der Waals surface area contributed by atoms with Crippen molar-refractivity contribution in [2.45, 2.75) is 32.8 Å². The minimum Gasteiger partial charge on any atom is -0.389 e. The Labute approximate surface area is 79.5 Å². The molecule has 4 N–H and O–H groups in total. The van der Waals surface area contributed by atoms with E-state index in [1.54, 1.807) is 6.92 Å². The van der Waals surface area contributed by atoms with Crippen molar-refractivity contribution in [2.24, 2.45) is 11.1 Å². The standard InChI is InChI=1S/C7H18N2O3S/c1-6(2)4-7(3,10)5-9-13(8,11)12/h6,9-10H,4-5H2,1-3H3,(H2,8,11,12). The maximum atomic E-state index is 10.5. The molecule has 0 saturated carbocycles. The summed E-state index contributed by atoms with van der Waals surface area (Å²) in [4.78, 5) is 0. The van der Waals surface area contributed by atoms with E-state index in [4.69, 9.17) is 5.14 Å². The Balaban J connectivity index is 4.04. The van der Waals surface area contributed by atoms with E-state index in [1.165, 1.54) is 0 Å². The van der Waals surface area contributed by atoms with Gasteiger partial charge in [0, 0.05) is 6.54 Å². The second-order valence-electron chi connectivity index (χ2n) is 3.96. The Morgan fingerprint density at radius 2 is 2.00 bits per heavy atom. The highest BCUT2D eigenvalue weighted by Gasteiger charge is 2.22. The summed E-state index contributed by atoms with van der Waals surface area (Å²) in [5, 5.41) is 14.4. The van der Waals surface area contributed by atoms with Gasteiger partial charge >= 0.3 is 0 Å². The molecule has 0 aliphatic rings. The van der Waals surface area contributed by atoms with E-state index >= 15 is 0 Å². The van der Waals surface area contributed by atoms with Gasteiger partial charge in [0.05, 0.1) is 5.60 Å². The second-order valence-corrected chi connectivity index (χ2v) is 5.34. The zero-order chi connectivity index (χ0) is 10.7. The molecule has 0 bridgehead atoms. The van der Waals surface area contributed by atoms with Gasteiger partial charge in [0.1, 0.15) is 0 Å². The average Bonchev–Trinajstić information content (AvgIpc) is 1.79. The first-order valence-electron chi connectivity index (χ1n) is 4.12. The van der Waals surface area contributed by atoms with Gasteiger partial charge in [-0.15, -0.1) is 0 Å². The Kier molecular flexibility index (Phi) is 4.31. The maximum Gasteiger partial charge on any atom is 0.274 e. The van der Waals surface area contributed by atoms with Crippen molar-refractivity contribution in [3.63, 3.8) is 0 Å². The van der Waals surface area contributed by atoms with Gasteiger partial charge in [-0.05, 0) is 19.3 Å². The number of hydrogen-bond acceptors (Lipinski definition) is 3. The molecule has 0 heterocycles. The maximum absolute atomic E-state index is 10.5. The van der Waals surface area contributed by atoms with Crippen LogP contribution < -0.4 is 9.86 Å². The van der Waals surface area contributed by atoms with Gasteiger partial charge in [0.2, 0.25) is 0 Å². The zero-order valence-electron chi connectivity index (χ0n) is 8.24. The molecule has 0 radical (unpaired) electrons. The summed E-state index contributed by atoms with van der Waals surface area (Å²) in [5.41, 5.74) is -1.04. The monoisotopic (exact) mass is 210 g/mol. The van der Waals surface area contributed by atoms with Crippen molar-refractivity contribution < 1.29 is 13.5 Å². The third-order valence-corrected chi connectivity index (χ3v) is 2.05. The van der Waals surface area contributed by atoms with Crippen LogP contribution in [0.5, 0.6) is 0 Å². The Bertz CT molecular complexity index is 246. The lowest BCUT2D eigenvalue weighted by Crippen LogP contribution is -2.43. The number of nitrogens with two attached hydrogens (primary N) is 1. The van der Waals surface area contributed by atoms with Gasteiger partial charge in [0.15, 0.2) is 0 Å². The molecule has 5 nitrogen and oxygen atoms in total.